The van der Waals surface area contributed by atoms with Gasteiger partial charge in [-0.15, -0.1) is 0 Å². The number of piperazine rings is 1. The average molecular weight is 418 g/mol. The summed E-state index contributed by atoms with van der Waals surface area (Å²) in [6.45, 7) is 0.623. The van der Waals surface area contributed by atoms with Crippen LogP contribution in [0.2, 0.25) is 0 Å². The normalized spacial score (nSPS) is 17.0. The van der Waals surface area contributed by atoms with Crippen molar-refractivity contribution in [2.75, 3.05) is 36.8 Å². The van der Waals surface area contributed by atoms with E-state index >= 15 is 0 Å². The smallest absolute Gasteiger partial charge is 0.322 e. The average Bonchev–Trinajstić information content (AvgIpc) is 3.09. The zero-order valence-electron chi connectivity index (χ0n) is 15.4. The maximum atomic E-state index is 13.7. The molecule has 3 amide bonds. The van der Waals surface area contributed by atoms with E-state index in [0.29, 0.717) is 11.3 Å². The quantitative estimate of drug-likeness (QED) is 0.795. The first-order valence-corrected chi connectivity index (χ1v) is 10.5. The Morgan fingerprint density at radius 2 is 1.79 bits per heavy atom. The molecule has 0 aromatic heterocycles. The number of amides is 3. The van der Waals surface area contributed by atoms with E-state index in [0.717, 1.165) is 0 Å². The van der Waals surface area contributed by atoms with Gasteiger partial charge in [-0.3, -0.25) is 4.79 Å². The number of benzene rings is 2. The molecule has 152 valence electrons. The molecule has 0 unspecified atom stereocenters. The number of para-hydroxylation sites is 1. The summed E-state index contributed by atoms with van der Waals surface area (Å²) in [5.41, 5.74) is 1.36. The minimum Gasteiger partial charge on any atom is -0.326 e. The summed E-state index contributed by atoms with van der Waals surface area (Å²) in [7, 11) is -3.74. The van der Waals surface area contributed by atoms with Gasteiger partial charge in [-0.25, -0.2) is 17.6 Å². The Balaban J connectivity index is 1.41. The van der Waals surface area contributed by atoms with Crippen molar-refractivity contribution in [3.8, 4) is 0 Å². The molecule has 0 atom stereocenters. The summed E-state index contributed by atoms with van der Waals surface area (Å²) >= 11 is 0. The van der Waals surface area contributed by atoms with Crippen molar-refractivity contribution in [1.82, 2.24) is 9.21 Å². The lowest BCUT2D eigenvalue weighted by atomic mass is 10.2. The third-order valence-electron chi connectivity index (χ3n) is 4.98. The first-order valence-electron chi connectivity index (χ1n) is 9.08. The molecular formula is C19H19FN4O4S. The number of nitrogens with one attached hydrogen (secondary N) is 2. The van der Waals surface area contributed by atoms with E-state index in [1.54, 1.807) is 12.1 Å². The van der Waals surface area contributed by atoms with Crippen LogP contribution < -0.4 is 10.6 Å². The Morgan fingerprint density at radius 1 is 1.07 bits per heavy atom. The Morgan fingerprint density at radius 3 is 2.52 bits per heavy atom. The summed E-state index contributed by atoms with van der Waals surface area (Å²) < 4.78 is 40.9. The Labute approximate surface area is 167 Å². The molecule has 10 heteroatoms. The molecule has 2 heterocycles. The number of halogens is 1. The molecule has 8 nitrogen and oxygen atoms in total. The van der Waals surface area contributed by atoms with E-state index in [-0.39, 0.29) is 49.1 Å². The summed E-state index contributed by atoms with van der Waals surface area (Å²) in [4.78, 5) is 25.4. The Bertz CT molecular complexity index is 1080. The van der Waals surface area contributed by atoms with Crippen LogP contribution in [0.3, 0.4) is 0 Å². The summed E-state index contributed by atoms with van der Waals surface area (Å²) in [5, 5.41) is 5.18. The predicted octanol–water partition coefficient (Wildman–Crippen LogP) is 1.86. The maximum Gasteiger partial charge on any atom is 0.322 e. The van der Waals surface area contributed by atoms with Crippen LogP contribution in [0.1, 0.15) is 5.56 Å². The minimum absolute atomic E-state index is 0.0776. The highest BCUT2D eigenvalue weighted by molar-refractivity contribution is 7.89. The summed E-state index contributed by atoms with van der Waals surface area (Å²) in [6, 6.07) is 9.94. The van der Waals surface area contributed by atoms with Gasteiger partial charge in [0.15, 0.2) is 0 Å². The van der Waals surface area contributed by atoms with Crippen LogP contribution in [0.25, 0.3) is 0 Å². The van der Waals surface area contributed by atoms with Gasteiger partial charge in [-0.2, -0.15) is 4.31 Å². The number of urea groups is 1. The van der Waals surface area contributed by atoms with E-state index in [1.807, 2.05) is 0 Å². The number of anilines is 2. The van der Waals surface area contributed by atoms with E-state index in [9.17, 15) is 22.4 Å². The highest BCUT2D eigenvalue weighted by Gasteiger charge is 2.31. The van der Waals surface area contributed by atoms with Gasteiger partial charge in [0.1, 0.15) is 5.82 Å². The van der Waals surface area contributed by atoms with Crippen LogP contribution in [-0.2, 0) is 21.2 Å². The van der Waals surface area contributed by atoms with Gasteiger partial charge in [0.25, 0.3) is 0 Å². The van der Waals surface area contributed by atoms with E-state index in [4.69, 9.17) is 0 Å². The molecule has 2 N–H and O–H groups in total. The van der Waals surface area contributed by atoms with Crippen molar-refractivity contribution in [2.24, 2.45) is 0 Å². The molecule has 2 aromatic rings. The van der Waals surface area contributed by atoms with Crippen LogP contribution in [0.5, 0.6) is 0 Å². The molecule has 2 aliphatic rings. The van der Waals surface area contributed by atoms with Crippen molar-refractivity contribution in [3.05, 3.63) is 53.8 Å². The number of rotatable bonds is 3. The fraction of sp³-hybridized carbons (Fsp3) is 0.263. The van der Waals surface area contributed by atoms with Crippen LogP contribution in [0.4, 0.5) is 20.6 Å². The van der Waals surface area contributed by atoms with E-state index < -0.39 is 21.9 Å². The third kappa shape index (κ3) is 3.81. The number of sulfonamides is 1. The molecule has 0 bridgehead atoms. The zero-order chi connectivity index (χ0) is 20.6. The number of fused-ring (bicyclic) bond motifs is 1. The standard InChI is InChI=1S/C19H19FN4O4S/c20-15-3-1-2-4-17(15)22-19(26)23-7-9-24(10-8-23)29(27,28)14-5-6-16-13(11-14)12-18(25)21-16/h1-6,11H,7-10,12H2,(H,21,25)(H,22,26). The van der Waals surface area contributed by atoms with Crippen molar-refractivity contribution in [2.45, 2.75) is 11.3 Å². The van der Waals surface area contributed by atoms with Crippen molar-refractivity contribution >= 4 is 33.3 Å². The van der Waals surface area contributed by atoms with Gasteiger partial charge in [0, 0.05) is 31.9 Å². The number of carbonyl (C=O) groups is 2. The monoisotopic (exact) mass is 418 g/mol. The Kier molecular flexibility index (Phi) is 4.97. The van der Waals surface area contributed by atoms with E-state index in [1.165, 1.54) is 39.5 Å². The second-order valence-electron chi connectivity index (χ2n) is 6.85. The lowest BCUT2D eigenvalue weighted by Crippen LogP contribution is -2.51. The second-order valence-corrected chi connectivity index (χ2v) is 8.78. The first kappa shape index (κ1) is 19.3. The maximum absolute atomic E-state index is 13.7. The topological polar surface area (TPSA) is 98.8 Å². The Hall–Kier alpha value is -2.98. The molecule has 0 saturated carbocycles. The fourth-order valence-electron chi connectivity index (χ4n) is 3.40. The molecule has 0 radical (unpaired) electrons. The number of hydrogen-bond donors (Lipinski definition) is 2. The summed E-state index contributed by atoms with van der Waals surface area (Å²) in [5.74, 6) is -0.698. The molecule has 1 saturated heterocycles. The molecule has 0 aliphatic carbocycles. The third-order valence-corrected chi connectivity index (χ3v) is 6.88. The molecule has 0 spiro atoms. The highest BCUT2D eigenvalue weighted by atomic mass is 32.2. The fourth-order valence-corrected chi connectivity index (χ4v) is 4.88. The van der Waals surface area contributed by atoms with Gasteiger partial charge in [0.2, 0.25) is 15.9 Å². The van der Waals surface area contributed by atoms with Crippen LogP contribution in [0.15, 0.2) is 47.4 Å². The summed E-state index contributed by atoms with van der Waals surface area (Å²) in [6.07, 6.45) is 0.155. The molecule has 4 rings (SSSR count). The largest absolute Gasteiger partial charge is 0.326 e. The van der Waals surface area contributed by atoms with Gasteiger partial charge in [0.05, 0.1) is 17.0 Å². The van der Waals surface area contributed by atoms with Gasteiger partial charge < -0.3 is 15.5 Å². The van der Waals surface area contributed by atoms with Gasteiger partial charge in [-0.1, -0.05) is 12.1 Å². The minimum atomic E-state index is -3.74. The van der Waals surface area contributed by atoms with Gasteiger partial charge in [-0.05, 0) is 35.9 Å². The number of hydrogen-bond acceptors (Lipinski definition) is 4. The zero-order valence-corrected chi connectivity index (χ0v) is 16.2. The SMILES string of the molecule is O=C1Cc2cc(S(=O)(=O)N3CCN(C(=O)Nc4ccccc4F)CC3)ccc2N1. The number of nitrogens with zero attached hydrogens (tertiary/aromatic N) is 2. The van der Waals surface area contributed by atoms with Crippen LogP contribution in [0, 0.1) is 5.82 Å². The molecule has 1 fully saturated rings. The lowest BCUT2D eigenvalue weighted by Gasteiger charge is -2.34. The molecule has 2 aliphatic heterocycles. The van der Waals surface area contributed by atoms with Crippen molar-refractivity contribution < 1.29 is 22.4 Å². The molecule has 2 aromatic carbocycles. The van der Waals surface area contributed by atoms with Crippen molar-refractivity contribution in [1.29, 1.82) is 0 Å². The van der Waals surface area contributed by atoms with Crippen LogP contribution in [-0.4, -0.2) is 55.7 Å². The predicted molar refractivity (Wildman–Crippen MR) is 105 cm³/mol. The van der Waals surface area contributed by atoms with Gasteiger partial charge >= 0.3 is 6.03 Å². The van der Waals surface area contributed by atoms with Crippen molar-refractivity contribution in [3.63, 3.8) is 0 Å². The lowest BCUT2D eigenvalue weighted by molar-refractivity contribution is -0.115. The second kappa shape index (κ2) is 7.45. The van der Waals surface area contributed by atoms with Crippen LogP contribution >= 0.6 is 0 Å². The molecule has 29 heavy (non-hydrogen) atoms. The molecular weight excluding hydrogens is 399 g/mol. The highest BCUT2D eigenvalue weighted by Crippen LogP contribution is 2.27. The number of carbonyl (C=O) groups excluding carboxylic acids is 2. The first-order chi connectivity index (χ1) is 13.8. The van der Waals surface area contributed by atoms with E-state index in [2.05, 4.69) is 10.6 Å².